The molecule has 4 rings (SSSR count). The highest BCUT2D eigenvalue weighted by Crippen LogP contribution is 2.43. The van der Waals surface area contributed by atoms with Gasteiger partial charge in [0, 0.05) is 22.7 Å². The number of rotatable bonds is 4. The number of anilines is 1. The Hall–Kier alpha value is -2.68. The smallest absolute Gasteiger partial charge is 0.259 e. The molecule has 0 N–H and O–H groups in total. The van der Waals surface area contributed by atoms with E-state index in [1.54, 1.807) is 0 Å². The lowest BCUT2D eigenvalue weighted by Gasteiger charge is -2.27. The molecule has 1 amide bonds. The van der Waals surface area contributed by atoms with Crippen molar-refractivity contribution in [2.75, 3.05) is 4.90 Å². The molecule has 0 aliphatic carbocycles. The summed E-state index contributed by atoms with van der Waals surface area (Å²) in [5, 5.41) is 1.01. The van der Waals surface area contributed by atoms with Gasteiger partial charge in [-0.15, -0.1) is 0 Å². The van der Waals surface area contributed by atoms with E-state index in [2.05, 4.69) is 58.9 Å². The third-order valence-corrected chi connectivity index (χ3v) is 6.03. The van der Waals surface area contributed by atoms with Crippen LogP contribution in [0.5, 0.6) is 0 Å². The summed E-state index contributed by atoms with van der Waals surface area (Å²) in [5.41, 5.74) is 9.84. The highest BCUT2D eigenvalue weighted by Gasteiger charge is 2.35. The second kappa shape index (κ2) is 6.73. The van der Waals surface area contributed by atoms with Crippen LogP contribution in [0.3, 0.4) is 0 Å². The van der Waals surface area contributed by atoms with E-state index in [0.717, 1.165) is 46.3 Å². The van der Waals surface area contributed by atoms with Gasteiger partial charge in [-0.2, -0.15) is 0 Å². The molecular weight excluding hydrogens is 344 g/mol. The van der Waals surface area contributed by atoms with Gasteiger partial charge in [0.2, 0.25) is 0 Å². The number of nitrogens with zero attached hydrogens (tertiary/aromatic N) is 2. The quantitative estimate of drug-likeness (QED) is 0.539. The van der Waals surface area contributed by atoms with Crippen molar-refractivity contribution >= 4 is 22.5 Å². The number of aromatic nitrogens is 1. The molecule has 0 atom stereocenters. The molecule has 3 aromatic rings. The number of amides is 1. The third kappa shape index (κ3) is 2.64. The molecule has 0 bridgehead atoms. The minimum absolute atomic E-state index is 0.116. The molecule has 144 valence electrons. The first kappa shape index (κ1) is 18.7. The number of hydrogen-bond acceptors (Lipinski definition) is 2. The molecule has 3 nitrogen and oxygen atoms in total. The van der Waals surface area contributed by atoms with E-state index in [9.17, 15) is 4.79 Å². The Labute approximate surface area is 167 Å². The van der Waals surface area contributed by atoms with Crippen molar-refractivity contribution in [1.82, 2.24) is 4.98 Å². The maximum Gasteiger partial charge on any atom is 0.259 e. The molecular formula is C25H28N2O. The van der Waals surface area contributed by atoms with E-state index >= 15 is 0 Å². The van der Waals surface area contributed by atoms with Crippen molar-refractivity contribution in [1.29, 1.82) is 0 Å². The Bertz CT molecular complexity index is 1090. The zero-order valence-corrected chi connectivity index (χ0v) is 17.7. The zero-order valence-electron chi connectivity index (χ0n) is 17.7. The van der Waals surface area contributed by atoms with E-state index in [4.69, 9.17) is 4.98 Å². The van der Waals surface area contributed by atoms with E-state index in [-0.39, 0.29) is 11.9 Å². The summed E-state index contributed by atoms with van der Waals surface area (Å²) in [4.78, 5) is 20.2. The van der Waals surface area contributed by atoms with E-state index < -0.39 is 0 Å². The van der Waals surface area contributed by atoms with Crippen LogP contribution in [-0.4, -0.2) is 16.9 Å². The maximum atomic E-state index is 13.3. The Morgan fingerprint density at radius 2 is 1.54 bits per heavy atom. The molecule has 1 aliphatic heterocycles. The topological polar surface area (TPSA) is 33.2 Å². The Morgan fingerprint density at radius 1 is 0.929 bits per heavy atom. The van der Waals surface area contributed by atoms with Gasteiger partial charge in [0.15, 0.2) is 0 Å². The van der Waals surface area contributed by atoms with E-state index in [0.29, 0.717) is 0 Å². The average molecular weight is 373 g/mol. The average Bonchev–Trinajstić information content (AvgIpc) is 2.90. The number of aryl methyl sites for hydroxylation is 4. The molecule has 0 saturated heterocycles. The van der Waals surface area contributed by atoms with Crippen molar-refractivity contribution in [3.63, 3.8) is 0 Å². The van der Waals surface area contributed by atoms with Crippen LogP contribution in [0.15, 0.2) is 30.3 Å². The van der Waals surface area contributed by atoms with Crippen LogP contribution < -0.4 is 4.90 Å². The molecule has 0 unspecified atom stereocenters. The Kier molecular flexibility index (Phi) is 4.49. The van der Waals surface area contributed by atoms with Crippen LogP contribution in [0.25, 0.3) is 22.0 Å². The van der Waals surface area contributed by atoms with Crippen LogP contribution in [0.2, 0.25) is 0 Å². The van der Waals surface area contributed by atoms with Gasteiger partial charge in [-0.25, -0.2) is 0 Å². The van der Waals surface area contributed by atoms with E-state index in [1.165, 1.54) is 22.3 Å². The van der Waals surface area contributed by atoms with Crippen molar-refractivity contribution in [3.8, 4) is 11.1 Å². The molecule has 2 heterocycles. The molecule has 0 saturated carbocycles. The summed E-state index contributed by atoms with van der Waals surface area (Å²) in [6.45, 7) is 12.8. The Morgan fingerprint density at radius 3 is 2.14 bits per heavy atom. The summed E-state index contributed by atoms with van der Waals surface area (Å²) in [7, 11) is 0. The standard InChI is InChI=1S/C25H28N2O/c1-7-18(8-2)27-21-13-17(6)26-24-19(9-10-20(23(21)24)25(27)28)22-15(4)11-14(3)12-16(22)5/h9-13,18H,7-8H2,1-6H3. The minimum Gasteiger partial charge on any atom is -0.305 e. The molecule has 3 heteroatoms. The van der Waals surface area contributed by atoms with Crippen LogP contribution in [0.4, 0.5) is 5.69 Å². The number of pyridine rings is 1. The molecule has 0 radical (unpaired) electrons. The van der Waals surface area contributed by atoms with Gasteiger partial charge in [-0.3, -0.25) is 9.78 Å². The van der Waals surface area contributed by atoms with Crippen LogP contribution in [-0.2, 0) is 0 Å². The first-order valence-electron chi connectivity index (χ1n) is 10.2. The van der Waals surface area contributed by atoms with Gasteiger partial charge in [-0.05, 0) is 69.4 Å². The van der Waals surface area contributed by atoms with Gasteiger partial charge in [0.05, 0.1) is 16.8 Å². The first-order valence-corrected chi connectivity index (χ1v) is 10.2. The minimum atomic E-state index is 0.116. The fourth-order valence-electron chi connectivity index (χ4n) is 4.88. The molecule has 2 aromatic carbocycles. The number of hydrogen-bond donors (Lipinski definition) is 0. The lowest BCUT2D eigenvalue weighted by atomic mass is 9.91. The number of benzene rings is 2. The van der Waals surface area contributed by atoms with Gasteiger partial charge < -0.3 is 4.90 Å². The monoisotopic (exact) mass is 372 g/mol. The highest BCUT2D eigenvalue weighted by atomic mass is 16.2. The maximum absolute atomic E-state index is 13.3. The molecule has 0 fully saturated rings. The van der Waals surface area contributed by atoms with Crippen LogP contribution in [0.1, 0.15) is 59.4 Å². The SMILES string of the molecule is CCC(CC)N1C(=O)c2ccc(-c3c(C)cc(C)cc3C)c3nc(C)cc1c23. The predicted octanol–water partition coefficient (Wildman–Crippen LogP) is 6.28. The van der Waals surface area contributed by atoms with Crippen molar-refractivity contribution in [3.05, 3.63) is 58.3 Å². The van der Waals surface area contributed by atoms with Gasteiger partial charge in [0.25, 0.3) is 5.91 Å². The lowest BCUT2D eigenvalue weighted by Crippen LogP contribution is -2.37. The summed E-state index contributed by atoms with van der Waals surface area (Å²) >= 11 is 0. The van der Waals surface area contributed by atoms with Crippen LogP contribution >= 0.6 is 0 Å². The summed E-state index contributed by atoms with van der Waals surface area (Å²) < 4.78 is 0. The second-order valence-electron chi connectivity index (χ2n) is 8.09. The highest BCUT2D eigenvalue weighted by molar-refractivity contribution is 6.26. The molecule has 1 aromatic heterocycles. The lowest BCUT2D eigenvalue weighted by molar-refractivity contribution is 0.0982. The normalized spacial score (nSPS) is 13.2. The molecule has 28 heavy (non-hydrogen) atoms. The largest absolute Gasteiger partial charge is 0.305 e. The van der Waals surface area contributed by atoms with Gasteiger partial charge in [0.1, 0.15) is 0 Å². The number of carbonyl (C=O) groups excluding carboxylic acids is 1. The van der Waals surface area contributed by atoms with Crippen LogP contribution in [0, 0.1) is 27.7 Å². The third-order valence-electron chi connectivity index (χ3n) is 6.03. The Balaban J connectivity index is 2.06. The van der Waals surface area contributed by atoms with Crippen molar-refractivity contribution < 1.29 is 4.79 Å². The van der Waals surface area contributed by atoms with Crippen molar-refractivity contribution in [2.45, 2.75) is 60.4 Å². The fourth-order valence-corrected chi connectivity index (χ4v) is 4.88. The summed E-state index contributed by atoms with van der Waals surface area (Å²) in [6, 6.07) is 10.8. The summed E-state index contributed by atoms with van der Waals surface area (Å²) in [5.74, 6) is 0.116. The predicted molar refractivity (Wildman–Crippen MR) is 117 cm³/mol. The van der Waals surface area contributed by atoms with Crippen molar-refractivity contribution in [2.24, 2.45) is 0 Å². The molecule has 0 spiro atoms. The fraction of sp³-hybridized carbons (Fsp3) is 0.360. The van der Waals surface area contributed by atoms with Gasteiger partial charge in [-0.1, -0.05) is 37.6 Å². The zero-order chi connectivity index (χ0) is 20.2. The molecule has 1 aliphatic rings. The van der Waals surface area contributed by atoms with E-state index in [1.807, 2.05) is 17.9 Å². The first-order chi connectivity index (χ1) is 13.4. The summed E-state index contributed by atoms with van der Waals surface area (Å²) in [6.07, 6.45) is 1.89. The van der Waals surface area contributed by atoms with Gasteiger partial charge >= 0.3 is 0 Å². The second-order valence-corrected chi connectivity index (χ2v) is 8.09. The number of carbonyl (C=O) groups is 1.